The number of hydrogen-bond donors (Lipinski definition) is 1. The summed E-state index contributed by atoms with van der Waals surface area (Å²) in [5, 5.41) is 23.0. The Morgan fingerprint density at radius 2 is 1.73 bits per heavy atom. The average Bonchev–Trinajstić information content (AvgIpc) is 3.17. The molecule has 0 aliphatic carbocycles. The number of nitro benzene ring substituents is 1. The number of non-ortho nitro benzene ring substituents is 1. The molecule has 0 fully saturated rings. The van der Waals surface area contributed by atoms with Gasteiger partial charge in [0.2, 0.25) is 0 Å². The summed E-state index contributed by atoms with van der Waals surface area (Å²) in [6.45, 7) is 5.77. The van der Waals surface area contributed by atoms with Crippen LogP contribution in [0.25, 0.3) is 17.4 Å². The largest absolute Gasteiger partial charge is 0.457 e. The van der Waals surface area contributed by atoms with Gasteiger partial charge in [0.15, 0.2) is 0 Å². The van der Waals surface area contributed by atoms with E-state index in [0.29, 0.717) is 22.8 Å². The molecule has 0 aliphatic rings. The molecule has 1 aromatic heterocycles. The van der Waals surface area contributed by atoms with E-state index in [4.69, 9.17) is 4.42 Å². The number of anilines is 1. The molecule has 0 saturated carbocycles. The average molecular weight is 401 g/mol. The second-order valence-electron chi connectivity index (χ2n) is 6.90. The first-order valence-corrected chi connectivity index (χ1v) is 9.14. The zero-order chi connectivity index (χ0) is 21.8. The number of nitrogens with one attached hydrogen (secondary N) is 1. The van der Waals surface area contributed by atoms with Crippen LogP contribution in [0.15, 0.2) is 58.5 Å². The zero-order valence-corrected chi connectivity index (χ0v) is 16.7. The van der Waals surface area contributed by atoms with Crippen LogP contribution in [0.5, 0.6) is 0 Å². The predicted octanol–water partition coefficient (Wildman–Crippen LogP) is 5.33. The molecule has 150 valence electrons. The van der Waals surface area contributed by atoms with Gasteiger partial charge in [0, 0.05) is 29.5 Å². The Hall–Kier alpha value is -4.18. The van der Waals surface area contributed by atoms with Gasteiger partial charge in [-0.25, -0.2) is 0 Å². The van der Waals surface area contributed by atoms with Gasteiger partial charge in [-0.05, 0) is 56.2 Å². The summed E-state index contributed by atoms with van der Waals surface area (Å²) in [6.07, 6.45) is 1.36. The summed E-state index contributed by atoms with van der Waals surface area (Å²) in [5.74, 6) is 0.271. The highest BCUT2D eigenvalue weighted by atomic mass is 16.6. The summed E-state index contributed by atoms with van der Waals surface area (Å²) in [4.78, 5) is 22.9. The van der Waals surface area contributed by atoms with E-state index in [2.05, 4.69) is 5.32 Å². The van der Waals surface area contributed by atoms with Crippen molar-refractivity contribution < 1.29 is 14.1 Å². The Bertz CT molecular complexity index is 1170. The van der Waals surface area contributed by atoms with Crippen LogP contribution < -0.4 is 5.32 Å². The Balaban J connectivity index is 1.82. The van der Waals surface area contributed by atoms with Crippen molar-refractivity contribution >= 4 is 23.4 Å². The van der Waals surface area contributed by atoms with Crippen molar-refractivity contribution in [1.82, 2.24) is 0 Å². The molecule has 0 unspecified atom stereocenters. The third-order valence-electron chi connectivity index (χ3n) is 4.56. The van der Waals surface area contributed by atoms with Crippen molar-refractivity contribution in [1.29, 1.82) is 5.26 Å². The van der Waals surface area contributed by atoms with Crippen LogP contribution in [-0.4, -0.2) is 10.8 Å². The Morgan fingerprint density at radius 1 is 1.10 bits per heavy atom. The van der Waals surface area contributed by atoms with Crippen LogP contribution in [-0.2, 0) is 4.79 Å². The minimum atomic E-state index is -0.527. The third kappa shape index (κ3) is 4.45. The molecule has 7 heteroatoms. The van der Waals surface area contributed by atoms with Gasteiger partial charge in [-0.15, -0.1) is 0 Å². The molecule has 0 aliphatic heterocycles. The number of hydrogen-bond acceptors (Lipinski definition) is 5. The Morgan fingerprint density at radius 3 is 2.30 bits per heavy atom. The van der Waals surface area contributed by atoms with Crippen LogP contribution in [0.4, 0.5) is 11.4 Å². The fourth-order valence-electron chi connectivity index (χ4n) is 3.18. The minimum Gasteiger partial charge on any atom is -0.457 e. The molecule has 1 amide bonds. The number of carbonyl (C=O) groups is 1. The monoisotopic (exact) mass is 401 g/mol. The third-order valence-corrected chi connectivity index (χ3v) is 4.56. The second kappa shape index (κ2) is 8.45. The number of aryl methyl sites for hydroxylation is 3. The molecule has 7 nitrogen and oxygen atoms in total. The van der Waals surface area contributed by atoms with Crippen molar-refractivity contribution in [3.8, 4) is 17.4 Å². The number of nitro groups is 1. The van der Waals surface area contributed by atoms with Crippen molar-refractivity contribution in [3.63, 3.8) is 0 Å². The summed E-state index contributed by atoms with van der Waals surface area (Å²) in [5.41, 5.74) is 4.13. The van der Waals surface area contributed by atoms with Gasteiger partial charge in [-0.2, -0.15) is 5.26 Å². The SMILES string of the molecule is Cc1cc(C)c(NC(=O)/C(C#N)=C/c2ccc(-c3ccc([N+](=O)[O-])cc3)o2)c(C)c1. The number of furan rings is 1. The summed E-state index contributed by atoms with van der Waals surface area (Å²) < 4.78 is 5.69. The first-order valence-electron chi connectivity index (χ1n) is 9.14. The summed E-state index contributed by atoms with van der Waals surface area (Å²) >= 11 is 0. The van der Waals surface area contributed by atoms with Gasteiger partial charge in [0.25, 0.3) is 11.6 Å². The van der Waals surface area contributed by atoms with Crippen molar-refractivity contribution in [3.05, 3.63) is 86.7 Å². The Kier molecular flexibility index (Phi) is 5.79. The summed E-state index contributed by atoms with van der Waals surface area (Å²) in [7, 11) is 0. The van der Waals surface area contributed by atoms with Crippen molar-refractivity contribution in [2.75, 3.05) is 5.32 Å². The van der Waals surface area contributed by atoms with Crippen LogP contribution >= 0.6 is 0 Å². The smallest absolute Gasteiger partial charge is 0.269 e. The number of amides is 1. The lowest BCUT2D eigenvalue weighted by Gasteiger charge is -2.12. The number of benzene rings is 2. The first kappa shape index (κ1) is 20.6. The van der Waals surface area contributed by atoms with Crippen LogP contribution in [0, 0.1) is 42.2 Å². The minimum absolute atomic E-state index is 0.0180. The topological polar surface area (TPSA) is 109 Å². The molecule has 1 heterocycles. The van der Waals surface area contributed by atoms with Crippen molar-refractivity contribution in [2.24, 2.45) is 0 Å². The van der Waals surface area contributed by atoms with E-state index < -0.39 is 10.8 Å². The van der Waals surface area contributed by atoms with Gasteiger partial charge in [-0.3, -0.25) is 14.9 Å². The zero-order valence-electron chi connectivity index (χ0n) is 16.7. The van der Waals surface area contributed by atoms with E-state index in [-0.39, 0.29) is 11.3 Å². The molecular formula is C23H19N3O4. The van der Waals surface area contributed by atoms with E-state index in [1.165, 1.54) is 18.2 Å². The predicted molar refractivity (Wildman–Crippen MR) is 114 cm³/mol. The molecule has 0 radical (unpaired) electrons. The standard InChI is InChI=1S/C23H19N3O4/c1-14-10-15(2)22(16(3)11-14)25-23(27)18(13-24)12-20-8-9-21(30-20)17-4-6-19(7-5-17)26(28)29/h4-12H,1-3H3,(H,25,27)/b18-12+. The van der Waals surface area contributed by atoms with E-state index in [1.807, 2.05) is 39.0 Å². The molecule has 0 bridgehead atoms. The second-order valence-corrected chi connectivity index (χ2v) is 6.90. The molecule has 0 spiro atoms. The van der Waals surface area contributed by atoms with E-state index in [0.717, 1.165) is 16.7 Å². The highest BCUT2D eigenvalue weighted by molar-refractivity contribution is 6.10. The normalized spacial score (nSPS) is 11.1. The van der Waals surface area contributed by atoms with E-state index in [9.17, 15) is 20.2 Å². The van der Waals surface area contributed by atoms with E-state index >= 15 is 0 Å². The number of carbonyl (C=O) groups excluding carboxylic acids is 1. The molecule has 0 saturated heterocycles. The molecule has 2 aromatic carbocycles. The molecular weight excluding hydrogens is 382 g/mol. The highest BCUT2D eigenvalue weighted by Gasteiger charge is 2.14. The molecule has 0 atom stereocenters. The summed E-state index contributed by atoms with van der Waals surface area (Å²) in [6, 6.07) is 15.0. The van der Waals surface area contributed by atoms with Gasteiger partial charge < -0.3 is 9.73 Å². The maximum atomic E-state index is 12.6. The molecule has 3 rings (SSSR count). The van der Waals surface area contributed by atoms with Gasteiger partial charge in [-0.1, -0.05) is 17.7 Å². The highest BCUT2D eigenvalue weighted by Crippen LogP contribution is 2.26. The quantitative estimate of drug-likeness (QED) is 0.269. The fraction of sp³-hybridized carbons (Fsp3) is 0.130. The molecule has 1 N–H and O–H groups in total. The first-order chi connectivity index (χ1) is 14.3. The number of nitrogens with zero attached hydrogens (tertiary/aromatic N) is 2. The lowest BCUT2D eigenvalue weighted by molar-refractivity contribution is -0.384. The maximum absolute atomic E-state index is 12.6. The van der Waals surface area contributed by atoms with Crippen LogP contribution in [0.1, 0.15) is 22.5 Å². The van der Waals surface area contributed by atoms with Gasteiger partial charge in [0.1, 0.15) is 23.2 Å². The fourth-order valence-corrected chi connectivity index (χ4v) is 3.18. The van der Waals surface area contributed by atoms with Crippen LogP contribution in [0.2, 0.25) is 0 Å². The lowest BCUT2D eigenvalue weighted by Crippen LogP contribution is -2.15. The number of nitriles is 1. The number of rotatable bonds is 5. The van der Waals surface area contributed by atoms with Crippen LogP contribution in [0.3, 0.4) is 0 Å². The van der Waals surface area contributed by atoms with E-state index in [1.54, 1.807) is 24.3 Å². The molecule has 3 aromatic rings. The Labute approximate surface area is 173 Å². The maximum Gasteiger partial charge on any atom is 0.269 e. The lowest BCUT2D eigenvalue weighted by atomic mass is 10.0. The molecule has 30 heavy (non-hydrogen) atoms. The van der Waals surface area contributed by atoms with Gasteiger partial charge in [0.05, 0.1) is 4.92 Å². The van der Waals surface area contributed by atoms with Crippen molar-refractivity contribution in [2.45, 2.75) is 20.8 Å². The van der Waals surface area contributed by atoms with Gasteiger partial charge >= 0.3 is 0 Å².